The molecule has 244 valence electrons. The van der Waals surface area contributed by atoms with Gasteiger partial charge in [-0.3, -0.25) is 4.79 Å². The maximum atomic E-state index is 12.8. The van der Waals surface area contributed by atoms with E-state index in [9.17, 15) is 40.5 Å². The average molecular weight is 594 g/mol. The van der Waals surface area contributed by atoms with Crippen LogP contribution in [0.4, 0.5) is 0 Å². The predicted molar refractivity (Wildman–Crippen MR) is 155 cm³/mol. The fourth-order valence-electron chi connectivity index (χ4n) is 5.08. The summed E-state index contributed by atoms with van der Waals surface area (Å²) in [6, 6.07) is -1.15. The first kappa shape index (κ1) is 38.1. The van der Waals surface area contributed by atoms with Gasteiger partial charge in [-0.15, -0.1) is 0 Å². The quantitative estimate of drug-likeness (QED) is 0.0764. The summed E-state index contributed by atoms with van der Waals surface area (Å²) in [7, 11) is 0. The lowest BCUT2D eigenvalue weighted by molar-refractivity contribution is -0.303. The van der Waals surface area contributed by atoms with Gasteiger partial charge in [-0.1, -0.05) is 104 Å². The average Bonchev–Trinajstić information content (AvgIpc) is 2.97. The fraction of sp³-hybridized carbons (Fsp3) is 0.967. The van der Waals surface area contributed by atoms with E-state index >= 15 is 0 Å². The highest BCUT2D eigenvalue weighted by Crippen LogP contribution is 2.23. The van der Waals surface area contributed by atoms with E-state index < -0.39 is 74.2 Å². The lowest BCUT2D eigenvalue weighted by Gasteiger charge is -2.40. The van der Waals surface area contributed by atoms with Gasteiger partial charge in [-0.2, -0.15) is 0 Å². The standard InChI is InChI=1S/C30H59NO10/c1-3-5-7-9-10-11-12-14-16-18-23(34)29(39)31-21(25(35)22(33)17-15-13-8-6-4-2)20-40-30-28(38)27(37)26(36)24(19-32)41-30/h21-28,30,32-38H,3-20H2,1-2H3,(H,31,39). The minimum absolute atomic E-state index is 0.262. The van der Waals surface area contributed by atoms with Crippen molar-refractivity contribution in [3.8, 4) is 0 Å². The topological polar surface area (TPSA) is 189 Å². The zero-order chi connectivity index (χ0) is 30.6. The van der Waals surface area contributed by atoms with Crippen LogP contribution in [0.2, 0.25) is 0 Å². The van der Waals surface area contributed by atoms with Crippen LogP contribution >= 0.6 is 0 Å². The molecule has 1 aliphatic heterocycles. The Bertz CT molecular complexity index is 655. The van der Waals surface area contributed by atoms with Crippen LogP contribution in [0.1, 0.15) is 117 Å². The van der Waals surface area contributed by atoms with Crippen molar-refractivity contribution in [1.29, 1.82) is 0 Å². The van der Waals surface area contributed by atoms with E-state index in [4.69, 9.17) is 9.47 Å². The Morgan fingerprint density at radius 2 is 1.27 bits per heavy atom. The van der Waals surface area contributed by atoms with Crippen molar-refractivity contribution in [2.45, 2.75) is 172 Å². The van der Waals surface area contributed by atoms with Gasteiger partial charge in [0.05, 0.1) is 25.4 Å². The van der Waals surface area contributed by atoms with Crippen molar-refractivity contribution in [3.05, 3.63) is 0 Å². The molecule has 9 unspecified atom stereocenters. The first-order chi connectivity index (χ1) is 19.7. The summed E-state index contributed by atoms with van der Waals surface area (Å²) >= 11 is 0. The summed E-state index contributed by atoms with van der Waals surface area (Å²) in [6.07, 6.45) is 3.86. The molecule has 1 fully saturated rings. The Morgan fingerprint density at radius 3 is 1.80 bits per heavy atom. The number of rotatable bonds is 24. The minimum Gasteiger partial charge on any atom is -0.394 e. The number of aliphatic hydroxyl groups excluding tert-OH is 7. The van der Waals surface area contributed by atoms with Crippen LogP contribution in [0.15, 0.2) is 0 Å². The highest BCUT2D eigenvalue weighted by molar-refractivity contribution is 5.80. The van der Waals surface area contributed by atoms with Crippen LogP contribution in [-0.4, -0.2) is 110 Å². The smallest absolute Gasteiger partial charge is 0.249 e. The van der Waals surface area contributed by atoms with Crippen molar-refractivity contribution in [1.82, 2.24) is 5.32 Å². The van der Waals surface area contributed by atoms with Gasteiger partial charge in [0.15, 0.2) is 6.29 Å². The van der Waals surface area contributed by atoms with Gasteiger partial charge in [0.2, 0.25) is 5.91 Å². The number of hydrogen-bond acceptors (Lipinski definition) is 10. The minimum atomic E-state index is -1.65. The van der Waals surface area contributed by atoms with E-state index in [1.54, 1.807) is 0 Å². The molecular formula is C30H59NO10. The maximum absolute atomic E-state index is 12.8. The Kier molecular flexibility index (Phi) is 21.0. The molecule has 8 N–H and O–H groups in total. The Morgan fingerprint density at radius 1 is 0.756 bits per heavy atom. The largest absolute Gasteiger partial charge is 0.394 e. The first-order valence-electron chi connectivity index (χ1n) is 15.9. The van der Waals surface area contributed by atoms with E-state index in [1.165, 1.54) is 32.1 Å². The first-order valence-corrected chi connectivity index (χ1v) is 15.9. The lowest BCUT2D eigenvalue weighted by Crippen LogP contribution is -2.60. The lowest BCUT2D eigenvalue weighted by atomic mass is 9.98. The third-order valence-corrected chi connectivity index (χ3v) is 7.91. The second-order valence-electron chi connectivity index (χ2n) is 11.5. The van der Waals surface area contributed by atoms with Gasteiger partial charge in [-0.05, 0) is 12.8 Å². The normalized spacial score (nSPS) is 25.9. The van der Waals surface area contributed by atoms with Gasteiger partial charge < -0.3 is 50.5 Å². The van der Waals surface area contributed by atoms with Gasteiger partial charge in [0.1, 0.15) is 36.6 Å². The van der Waals surface area contributed by atoms with Gasteiger partial charge in [-0.25, -0.2) is 0 Å². The molecule has 0 aromatic heterocycles. The van der Waals surface area contributed by atoms with Crippen LogP contribution in [0.25, 0.3) is 0 Å². The van der Waals surface area contributed by atoms with E-state index in [1.807, 2.05) is 0 Å². The molecule has 0 bridgehead atoms. The molecule has 11 nitrogen and oxygen atoms in total. The van der Waals surface area contributed by atoms with Gasteiger partial charge in [0, 0.05) is 0 Å². The van der Waals surface area contributed by atoms with E-state index in [0.29, 0.717) is 19.3 Å². The third kappa shape index (κ3) is 14.9. The molecule has 1 rings (SSSR count). The zero-order valence-electron chi connectivity index (χ0n) is 25.3. The molecule has 0 aromatic rings. The molecule has 1 saturated heterocycles. The van der Waals surface area contributed by atoms with Gasteiger partial charge in [0.25, 0.3) is 0 Å². The van der Waals surface area contributed by atoms with Crippen molar-refractivity contribution in [3.63, 3.8) is 0 Å². The Labute approximate surface area is 246 Å². The molecule has 0 aliphatic carbocycles. The molecule has 0 aromatic carbocycles. The number of ether oxygens (including phenoxy) is 2. The molecule has 0 radical (unpaired) electrons. The number of carbonyl (C=O) groups excluding carboxylic acids is 1. The van der Waals surface area contributed by atoms with Crippen LogP contribution in [-0.2, 0) is 14.3 Å². The molecule has 1 amide bonds. The summed E-state index contributed by atoms with van der Waals surface area (Å²) in [4.78, 5) is 12.8. The SMILES string of the molecule is CCCCCCCCCCCC(O)C(=O)NC(COC1OC(CO)C(O)C(O)C1O)C(O)C(O)CCCCCCC. The highest BCUT2D eigenvalue weighted by Gasteiger charge is 2.44. The van der Waals surface area contributed by atoms with E-state index in [0.717, 1.165) is 44.9 Å². The number of unbranched alkanes of at least 4 members (excludes halogenated alkanes) is 12. The second-order valence-corrected chi connectivity index (χ2v) is 11.5. The molecule has 0 spiro atoms. The van der Waals surface area contributed by atoms with Crippen molar-refractivity contribution >= 4 is 5.91 Å². The van der Waals surface area contributed by atoms with Crippen LogP contribution in [0.3, 0.4) is 0 Å². The molecule has 0 saturated carbocycles. The highest BCUT2D eigenvalue weighted by atomic mass is 16.7. The van der Waals surface area contributed by atoms with Crippen LogP contribution < -0.4 is 5.32 Å². The Balaban J connectivity index is 2.67. The van der Waals surface area contributed by atoms with Crippen molar-refractivity contribution < 1.29 is 50.0 Å². The number of amides is 1. The summed E-state index contributed by atoms with van der Waals surface area (Å²) in [5.41, 5.74) is 0. The Hall–Kier alpha value is -0.890. The maximum Gasteiger partial charge on any atom is 0.249 e. The molecule has 9 atom stereocenters. The number of nitrogens with one attached hydrogen (secondary N) is 1. The van der Waals surface area contributed by atoms with Crippen molar-refractivity contribution in [2.24, 2.45) is 0 Å². The van der Waals surface area contributed by atoms with Crippen LogP contribution in [0, 0.1) is 0 Å². The van der Waals surface area contributed by atoms with Crippen LogP contribution in [0.5, 0.6) is 0 Å². The molecule has 11 heteroatoms. The zero-order valence-corrected chi connectivity index (χ0v) is 25.3. The number of carbonyl (C=O) groups is 1. The van der Waals surface area contributed by atoms with Gasteiger partial charge >= 0.3 is 0 Å². The summed E-state index contributed by atoms with van der Waals surface area (Å²) in [6.45, 7) is 3.24. The predicted octanol–water partition coefficient (Wildman–Crippen LogP) is 1.65. The summed E-state index contributed by atoms with van der Waals surface area (Å²) in [5.74, 6) is -0.707. The molecule has 1 aliphatic rings. The number of hydrogen-bond donors (Lipinski definition) is 8. The fourth-order valence-corrected chi connectivity index (χ4v) is 5.08. The molecular weight excluding hydrogens is 534 g/mol. The number of aliphatic hydroxyl groups is 7. The van der Waals surface area contributed by atoms with E-state index in [-0.39, 0.29) is 6.42 Å². The van der Waals surface area contributed by atoms with Crippen molar-refractivity contribution in [2.75, 3.05) is 13.2 Å². The third-order valence-electron chi connectivity index (χ3n) is 7.91. The summed E-state index contributed by atoms with van der Waals surface area (Å²) in [5, 5.41) is 74.2. The monoisotopic (exact) mass is 593 g/mol. The van der Waals surface area contributed by atoms with E-state index in [2.05, 4.69) is 19.2 Å². The molecule has 41 heavy (non-hydrogen) atoms. The summed E-state index contributed by atoms with van der Waals surface area (Å²) < 4.78 is 10.9. The second kappa shape index (κ2) is 22.6. The molecule has 1 heterocycles.